The zero-order chi connectivity index (χ0) is 11.8. The fourth-order valence-corrected chi connectivity index (χ4v) is 2.63. The lowest BCUT2D eigenvalue weighted by Gasteiger charge is -2.29. The van der Waals surface area contributed by atoms with Gasteiger partial charge in [0.1, 0.15) is 0 Å². The van der Waals surface area contributed by atoms with Crippen molar-refractivity contribution in [3.63, 3.8) is 0 Å². The average Bonchev–Trinajstić information content (AvgIpc) is 2.52. The molecule has 0 saturated heterocycles. The quantitative estimate of drug-likeness (QED) is 0.779. The molecule has 0 heterocycles. The Balaban J connectivity index is 2.12. The lowest BCUT2D eigenvalue weighted by Crippen LogP contribution is -2.30. The van der Waals surface area contributed by atoms with Crippen molar-refractivity contribution in [1.29, 1.82) is 0 Å². The van der Waals surface area contributed by atoms with Crippen molar-refractivity contribution in [2.45, 2.75) is 53.0 Å². The summed E-state index contributed by atoms with van der Waals surface area (Å²) in [7, 11) is 0. The fraction of sp³-hybridized carbons (Fsp3) is 0.600. The lowest BCUT2D eigenvalue weighted by atomic mass is 9.87. The SMILES string of the molecule is Cc1ccc(NC2CCCC2(C)C)cc1C. The number of anilines is 1. The standard InChI is InChI=1S/C15H23N/c1-11-7-8-13(10-12(11)2)16-14-6-5-9-15(14,3)4/h7-8,10,14,16H,5-6,9H2,1-4H3. The van der Waals surface area contributed by atoms with Gasteiger partial charge in [0.05, 0.1) is 0 Å². The van der Waals surface area contributed by atoms with Crippen LogP contribution in [0.2, 0.25) is 0 Å². The van der Waals surface area contributed by atoms with Crippen molar-refractivity contribution in [3.05, 3.63) is 29.3 Å². The molecule has 16 heavy (non-hydrogen) atoms. The minimum absolute atomic E-state index is 0.443. The van der Waals surface area contributed by atoms with Crippen molar-refractivity contribution in [2.24, 2.45) is 5.41 Å². The van der Waals surface area contributed by atoms with Crippen LogP contribution in [0.1, 0.15) is 44.2 Å². The maximum Gasteiger partial charge on any atom is 0.0345 e. The Morgan fingerprint density at radius 3 is 2.50 bits per heavy atom. The maximum atomic E-state index is 3.70. The van der Waals surface area contributed by atoms with Crippen molar-refractivity contribution >= 4 is 5.69 Å². The van der Waals surface area contributed by atoms with Crippen molar-refractivity contribution < 1.29 is 0 Å². The first-order valence-electron chi connectivity index (χ1n) is 6.33. The van der Waals surface area contributed by atoms with Crippen LogP contribution in [0, 0.1) is 19.3 Å². The van der Waals surface area contributed by atoms with Gasteiger partial charge >= 0.3 is 0 Å². The minimum Gasteiger partial charge on any atom is -0.382 e. The molecule has 1 aliphatic rings. The summed E-state index contributed by atoms with van der Waals surface area (Å²) in [5.41, 5.74) is 4.47. The molecule has 1 atom stereocenters. The Bertz CT molecular complexity index is 379. The molecule has 0 bridgehead atoms. The summed E-state index contributed by atoms with van der Waals surface area (Å²) < 4.78 is 0. The smallest absolute Gasteiger partial charge is 0.0345 e. The van der Waals surface area contributed by atoms with Gasteiger partial charge in [-0.05, 0) is 55.4 Å². The van der Waals surface area contributed by atoms with Crippen LogP contribution < -0.4 is 5.32 Å². The average molecular weight is 217 g/mol. The summed E-state index contributed by atoms with van der Waals surface area (Å²) in [6, 6.07) is 7.31. The predicted molar refractivity (Wildman–Crippen MR) is 71.0 cm³/mol. The summed E-state index contributed by atoms with van der Waals surface area (Å²) in [6.07, 6.45) is 4.00. The third-order valence-corrected chi connectivity index (χ3v) is 4.11. The summed E-state index contributed by atoms with van der Waals surface area (Å²) in [6.45, 7) is 9.09. The minimum atomic E-state index is 0.443. The molecule has 1 heteroatoms. The summed E-state index contributed by atoms with van der Waals surface area (Å²) >= 11 is 0. The van der Waals surface area contributed by atoms with E-state index in [1.54, 1.807) is 0 Å². The summed E-state index contributed by atoms with van der Waals surface area (Å²) in [4.78, 5) is 0. The second-order valence-corrected chi connectivity index (χ2v) is 5.88. The van der Waals surface area contributed by atoms with Gasteiger partial charge < -0.3 is 5.32 Å². The molecule has 0 radical (unpaired) electrons. The van der Waals surface area contributed by atoms with E-state index in [1.165, 1.54) is 36.1 Å². The molecule has 0 spiro atoms. The zero-order valence-corrected chi connectivity index (χ0v) is 10.9. The number of hydrogen-bond donors (Lipinski definition) is 1. The Labute approximate surface area is 99.3 Å². The molecular weight excluding hydrogens is 194 g/mol. The number of aryl methyl sites for hydroxylation is 2. The molecule has 1 fully saturated rings. The lowest BCUT2D eigenvalue weighted by molar-refractivity contribution is 0.350. The topological polar surface area (TPSA) is 12.0 Å². The van der Waals surface area contributed by atoms with E-state index in [0.29, 0.717) is 11.5 Å². The predicted octanol–water partition coefficient (Wildman–Crippen LogP) is 4.29. The Morgan fingerprint density at radius 2 is 1.94 bits per heavy atom. The van der Waals surface area contributed by atoms with Gasteiger partial charge in [0.25, 0.3) is 0 Å². The third-order valence-electron chi connectivity index (χ3n) is 4.11. The highest BCUT2D eigenvalue weighted by atomic mass is 14.9. The summed E-state index contributed by atoms with van der Waals surface area (Å²) in [5.74, 6) is 0. The van der Waals surface area contributed by atoms with Gasteiger partial charge in [-0.3, -0.25) is 0 Å². The molecule has 2 rings (SSSR count). The molecule has 1 saturated carbocycles. The van der Waals surface area contributed by atoms with E-state index < -0.39 is 0 Å². The fourth-order valence-electron chi connectivity index (χ4n) is 2.63. The number of rotatable bonds is 2. The Kier molecular flexibility index (Phi) is 2.96. The van der Waals surface area contributed by atoms with Crippen LogP contribution in [0.3, 0.4) is 0 Å². The number of hydrogen-bond acceptors (Lipinski definition) is 1. The maximum absolute atomic E-state index is 3.70. The van der Waals surface area contributed by atoms with Gasteiger partial charge in [-0.2, -0.15) is 0 Å². The van der Waals surface area contributed by atoms with Crippen molar-refractivity contribution in [3.8, 4) is 0 Å². The molecular formula is C15H23N. The highest BCUT2D eigenvalue weighted by Crippen LogP contribution is 2.39. The first-order valence-corrected chi connectivity index (χ1v) is 6.33. The second kappa shape index (κ2) is 4.12. The van der Waals surface area contributed by atoms with E-state index in [1.807, 2.05) is 0 Å². The number of nitrogens with one attached hydrogen (secondary N) is 1. The van der Waals surface area contributed by atoms with Gasteiger partial charge in [0, 0.05) is 11.7 Å². The zero-order valence-electron chi connectivity index (χ0n) is 10.9. The Morgan fingerprint density at radius 1 is 1.19 bits per heavy atom. The van der Waals surface area contributed by atoms with E-state index in [9.17, 15) is 0 Å². The molecule has 1 N–H and O–H groups in total. The van der Waals surface area contributed by atoms with Crippen molar-refractivity contribution in [2.75, 3.05) is 5.32 Å². The highest BCUT2D eigenvalue weighted by molar-refractivity contribution is 5.49. The molecule has 1 aromatic rings. The molecule has 1 unspecified atom stereocenters. The van der Waals surface area contributed by atoms with Crippen LogP contribution in [-0.4, -0.2) is 6.04 Å². The first-order chi connectivity index (χ1) is 7.49. The van der Waals surface area contributed by atoms with Crippen LogP contribution in [0.5, 0.6) is 0 Å². The highest BCUT2D eigenvalue weighted by Gasteiger charge is 2.34. The Hall–Kier alpha value is -0.980. The van der Waals surface area contributed by atoms with E-state index in [0.717, 1.165) is 0 Å². The van der Waals surface area contributed by atoms with Crippen LogP contribution in [0.15, 0.2) is 18.2 Å². The van der Waals surface area contributed by atoms with E-state index in [-0.39, 0.29) is 0 Å². The molecule has 1 aromatic carbocycles. The monoisotopic (exact) mass is 217 g/mol. The molecule has 1 nitrogen and oxygen atoms in total. The first kappa shape index (κ1) is 11.5. The molecule has 88 valence electrons. The largest absolute Gasteiger partial charge is 0.382 e. The van der Waals surface area contributed by atoms with E-state index in [4.69, 9.17) is 0 Å². The van der Waals surface area contributed by atoms with Crippen LogP contribution in [0.25, 0.3) is 0 Å². The molecule has 0 amide bonds. The van der Waals surface area contributed by atoms with Gasteiger partial charge in [0.2, 0.25) is 0 Å². The van der Waals surface area contributed by atoms with Crippen molar-refractivity contribution in [1.82, 2.24) is 0 Å². The third kappa shape index (κ3) is 2.23. The molecule has 0 aliphatic heterocycles. The number of benzene rings is 1. The van der Waals surface area contributed by atoms with Crippen LogP contribution >= 0.6 is 0 Å². The van der Waals surface area contributed by atoms with Crippen LogP contribution in [0.4, 0.5) is 5.69 Å². The van der Waals surface area contributed by atoms with Gasteiger partial charge in [-0.1, -0.05) is 26.3 Å². The van der Waals surface area contributed by atoms with Gasteiger partial charge in [0.15, 0.2) is 0 Å². The second-order valence-electron chi connectivity index (χ2n) is 5.88. The van der Waals surface area contributed by atoms with Gasteiger partial charge in [-0.25, -0.2) is 0 Å². The molecule has 1 aliphatic carbocycles. The molecule has 0 aromatic heterocycles. The van der Waals surface area contributed by atoms with Gasteiger partial charge in [-0.15, -0.1) is 0 Å². The van der Waals surface area contributed by atoms with E-state index in [2.05, 4.69) is 51.2 Å². The van der Waals surface area contributed by atoms with Crippen LogP contribution in [-0.2, 0) is 0 Å². The van der Waals surface area contributed by atoms with E-state index >= 15 is 0 Å². The summed E-state index contributed by atoms with van der Waals surface area (Å²) in [5, 5.41) is 3.70. The normalized spacial score (nSPS) is 23.4.